The highest BCUT2D eigenvalue weighted by atomic mass is 32.2. The highest BCUT2D eigenvalue weighted by Crippen LogP contribution is 2.35. The van der Waals surface area contributed by atoms with Crippen molar-refractivity contribution in [3.8, 4) is 17.2 Å². The van der Waals surface area contributed by atoms with Gasteiger partial charge in [-0.25, -0.2) is 4.79 Å². The van der Waals surface area contributed by atoms with Crippen LogP contribution >= 0.6 is 24.0 Å². The van der Waals surface area contributed by atoms with E-state index in [9.17, 15) is 9.59 Å². The predicted octanol–water partition coefficient (Wildman–Crippen LogP) is 3.62. The molecule has 0 atom stereocenters. The summed E-state index contributed by atoms with van der Waals surface area (Å²) in [4.78, 5) is 27.1. The number of rotatable bonds is 4. The molecule has 0 radical (unpaired) electrons. The van der Waals surface area contributed by atoms with Crippen LogP contribution in [0, 0.1) is 0 Å². The zero-order chi connectivity index (χ0) is 22.0. The highest BCUT2D eigenvalue weighted by molar-refractivity contribution is 8.26. The van der Waals surface area contributed by atoms with E-state index < -0.39 is 0 Å². The first-order valence-electron chi connectivity index (χ1n) is 9.30. The molecule has 1 fully saturated rings. The molecule has 0 saturated carbocycles. The summed E-state index contributed by atoms with van der Waals surface area (Å²) in [5, 5.41) is 5.47. The van der Waals surface area contributed by atoms with Gasteiger partial charge in [0, 0.05) is 23.9 Å². The second-order valence-electron chi connectivity index (χ2n) is 6.61. The number of nitrogens with zero attached hydrogens (tertiary/aromatic N) is 1. The van der Waals surface area contributed by atoms with Gasteiger partial charge in [-0.05, 0) is 23.8 Å². The van der Waals surface area contributed by atoms with Crippen molar-refractivity contribution in [1.29, 1.82) is 0 Å². The average Bonchev–Trinajstić information content (AvgIpc) is 3.09. The number of hydrogen-bond donors (Lipinski definition) is 2. The maximum atomic E-state index is 13.1. The fraction of sp³-hybridized carbons (Fsp3) is 0.190. The zero-order valence-corrected chi connectivity index (χ0v) is 18.4. The van der Waals surface area contributed by atoms with Gasteiger partial charge < -0.3 is 24.8 Å². The Labute approximate surface area is 188 Å². The van der Waals surface area contributed by atoms with Gasteiger partial charge in [0.2, 0.25) is 0 Å². The van der Waals surface area contributed by atoms with Crippen LogP contribution in [0.15, 0.2) is 41.3 Å². The molecule has 3 amide bonds. The number of nitrogens with one attached hydrogen (secondary N) is 2. The number of ether oxygens (including phenoxy) is 3. The van der Waals surface area contributed by atoms with Crippen molar-refractivity contribution in [3.63, 3.8) is 0 Å². The number of anilines is 2. The second kappa shape index (κ2) is 8.86. The molecular weight excluding hydrogens is 438 g/mol. The standard InChI is InChI=1S/C21H19N3O5S2/c1-27-14-9-13(10-15(11-14)28-2)22-20(26)24-5-6-29-17-4-3-12(7-16(17)24)8-18-19(25)23-21(30)31-18/h3-4,7-11H,5-6H2,1-2H3,(H,22,26)(H,23,25,30). The SMILES string of the molecule is COc1cc(NC(=O)N2CCOc3ccc(C=C4SC(=S)NC4=O)cc32)cc(OC)c1. The quantitative estimate of drug-likeness (QED) is 0.535. The van der Waals surface area contributed by atoms with E-state index in [0.717, 1.165) is 5.56 Å². The van der Waals surface area contributed by atoms with Crippen LogP contribution in [0.4, 0.5) is 16.2 Å². The molecule has 0 spiro atoms. The fourth-order valence-corrected chi connectivity index (χ4v) is 4.22. The lowest BCUT2D eigenvalue weighted by molar-refractivity contribution is -0.115. The van der Waals surface area contributed by atoms with Gasteiger partial charge in [0.25, 0.3) is 5.91 Å². The normalized spacial score (nSPS) is 16.5. The summed E-state index contributed by atoms with van der Waals surface area (Å²) in [7, 11) is 3.09. The first-order valence-corrected chi connectivity index (χ1v) is 10.5. The van der Waals surface area contributed by atoms with Gasteiger partial charge in [-0.1, -0.05) is 30.0 Å². The predicted molar refractivity (Wildman–Crippen MR) is 124 cm³/mol. The van der Waals surface area contributed by atoms with Crippen LogP contribution < -0.4 is 29.7 Å². The fourth-order valence-electron chi connectivity index (χ4n) is 3.18. The number of methoxy groups -OCH3 is 2. The second-order valence-corrected chi connectivity index (χ2v) is 8.33. The number of benzene rings is 2. The average molecular weight is 458 g/mol. The van der Waals surface area contributed by atoms with Crippen molar-refractivity contribution in [2.24, 2.45) is 0 Å². The lowest BCUT2D eigenvalue weighted by Gasteiger charge is -2.30. The first kappa shape index (κ1) is 21.0. The number of thioether (sulfide) groups is 1. The largest absolute Gasteiger partial charge is 0.497 e. The number of urea groups is 1. The van der Waals surface area contributed by atoms with Crippen LogP contribution in [0.5, 0.6) is 17.2 Å². The van der Waals surface area contributed by atoms with Crippen LogP contribution in [0.2, 0.25) is 0 Å². The maximum Gasteiger partial charge on any atom is 0.326 e. The molecule has 2 aliphatic rings. The molecule has 1 saturated heterocycles. The van der Waals surface area contributed by atoms with Gasteiger partial charge in [-0.2, -0.15) is 0 Å². The Kier molecular flexibility index (Phi) is 6.01. The van der Waals surface area contributed by atoms with E-state index in [1.54, 1.807) is 49.5 Å². The number of carbonyl (C=O) groups excluding carboxylic acids is 2. The van der Waals surface area contributed by atoms with E-state index in [-0.39, 0.29) is 11.9 Å². The van der Waals surface area contributed by atoms with Gasteiger partial charge in [-0.15, -0.1) is 0 Å². The topological polar surface area (TPSA) is 89.1 Å². The van der Waals surface area contributed by atoms with Gasteiger partial charge in [0.05, 0.1) is 31.4 Å². The molecule has 0 aromatic heterocycles. The van der Waals surface area contributed by atoms with Crippen molar-refractivity contribution in [1.82, 2.24) is 5.32 Å². The third-order valence-electron chi connectivity index (χ3n) is 4.63. The van der Waals surface area contributed by atoms with Crippen LogP contribution in [-0.4, -0.2) is 43.6 Å². The highest BCUT2D eigenvalue weighted by Gasteiger charge is 2.26. The minimum atomic E-state index is -0.321. The Morgan fingerprint density at radius 1 is 1.23 bits per heavy atom. The third-order valence-corrected chi connectivity index (χ3v) is 5.80. The molecule has 0 aliphatic carbocycles. The van der Waals surface area contributed by atoms with Gasteiger partial charge in [-0.3, -0.25) is 9.69 Å². The number of fused-ring (bicyclic) bond motifs is 1. The van der Waals surface area contributed by atoms with Crippen LogP contribution in [-0.2, 0) is 4.79 Å². The molecule has 160 valence electrons. The van der Waals surface area contributed by atoms with E-state index in [4.69, 9.17) is 26.4 Å². The summed E-state index contributed by atoms with van der Waals surface area (Å²) in [5.74, 6) is 1.49. The molecule has 2 aliphatic heterocycles. The summed E-state index contributed by atoms with van der Waals surface area (Å²) in [6.07, 6.45) is 1.73. The smallest absolute Gasteiger partial charge is 0.326 e. The summed E-state index contributed by atoms with van der Waals surface area (Å²) < 4.78 is 16.6. The van der Waals surface area contributed by atoms with Crippen LogP contribution in [0.25, 0.3) is 6.08 Å². The van der Waals surface area contributed by atoms with Crippen molar-refractivity contribution in [2.45, 2.75) is 0 Å². The summed E-state index contributed by atoms with van der Waals surface area (Å²) in [6.45, 7) is 0.744. The monoisotopic (exact) mass is 457 g/mol. The Morgan fingerprint density at radius 2 is 1.97 bits per heavy atom. The van der Waals surface area contributed by atoms with E-state index in [2.05, 4.69) is 10.6 Å². The van der Waals surface area contributed by atoms with Crippen molar-refractivity contribution in [3.05, 3.63) is 46.9 Å². The summed E-state index contributed by atoms with van der Waals surface area (Å²) in [6, 6.07) is 10.2. The molecule has 8 nitrogen and oxygen atoms in total. The number of hydrogen-bond acceptors (Lipinski definition) is 7. The molecule has 2 heterocycles. The number of carbonyl (C=O) groups is 2. The maximum absolute atomic E-state index is 13.1. The number of amides is 3. The summed E-state index contributed by atoms with van der Waals surface area (Å²) >= 11 is 6.23. The molecule has 2 aromatic carbocycles. The molecule has 0 unspecified atom stereocenters. The Bertz CT molecular complexity index is 1080. The lowest BCUT2D eigenvalue weighted by atomic mass is 10.1. The van der Waals surface area contributed by atoms with Gasteiger partial charge >= 0.3 is 6.03 Å². The van der Waals surface area contributed by atoms with Gasteiger partial charge in [0.1, 0.15) is 28.2 Å². The third kappa shape index (κ3) is 4.59. The lowest BCUT2D eigenvalue weighted by Crippen LogP contribution is -2.40. The minimum absolute atomic E-state index is 0.231. The Balaban J connectivity index is 1.60. The first-order chi connectivity index (χ1) is 15.0. The Hall–Kier alpha value is -3.24. The van der Waals surface area contributed by atoms with E-state index in [0.29, 0.717) is 51.0 Å². The van der Waals surface area contributed by atoms with Crippen molar-refractivity contribution >= 4 is 57.7 Å². The summed E-state index contributed by atoms with van der Waals surface area (Å²) in [5.41, 5.74) is 1.91. The molecule has 0 bridgehead atoms. The van der Waals surface area contributed by atoms with Crippen LogP contribution in [0.3, 0.4) is 0 Å². The number of thiocarbonyl (C=S) groups is 1. The molecule has 31 heavy (non-hydrogen) atoms. The van der Waals surface area contributed by atoms with E-state index in [1.807, 2.05) is 12.1 Å². The molecule has 2 N–H and O–H groups in total. The molecule has 4 rings (SSSR count). The zero-order valence-electron chi connectivity index (χ0n) is 16.8. The van der Waals surface area contributed by atoms with Gasteiger partial charge in [0.15, 0.2) is 0 Å². The van der Waals surface area contributed by atoms with Crippen LogP contribution in [0.1, 0.15) is 5.56 Å². The van der Waals surface area contributed by atoms with Crippen molar-refractivity contribution in [2.75, 3.05) is 37.6 Å². The van der Waals surface area contributed by atoms with E-state index >= 15 is 0 Å². The molecular formula is C21H19N3O5S2. The molecule has 10 heteroatoms. The van der Waals surface area contributed by atoms with Crippen molar-refractivity contribution < 1.29 is 23.8 Å². The van der Waals surface area contributed by atoms with E-state index in [1.165, 1.54) is 11.8 Å². The Morgan fingerprint density at radius 3 is 2.61 bits per heavy atom. The molecule has 2 aromatic rings. The minimum Gasteiger partial charge on any atom is -0.497 e.